The molecule has 0 heterocycles. The van der Waals surface area contributed by atoms with E-state index in [4.69, 9.17) is 0 Å². The molecule has 0 unspecified atom stereocenters. The van der Waals surface area contributed by atoms with Crippen molar-refractivity contribution in [1.82, 2.24) is 0 Å². The second-order valence-corrected chi connectivity index (χ2v) is 4.11. The molecular weight excluding hydrogens is 234 g/mol. The highest BCUT2D eigenvalue weighted by molar-refractivity contribution is 5.82. The van der Waals surface area contributed by atoms with E-state index in [9.17, 15) is 0 Å². The van der Waals surface area contributed by atoms with Crippen LogP contribution in [0.5, 0.6) is 0 Å². The van der Waals surface area contributed by atoms with Crippen LogP contribution in [0.1, 0.15) is 18.9 Å². The van der Waals surface area contributed by atoms with E-state index in [1.807, 2.05) is 55.5 Å². The molecule has 3 heteroatoms. The molecule has 0 saturated carbocycles. The summed E-state index contributed by atoms with van der Waals surface area (Å²) in [4.78, 5) is 4.48. The summed E-state index contributed by atoms with van der Waals surface area (Å²) in [5.74, 6) is 0.771. The maximum Gasteiger partial charge on any atom is 0.146 e. The maximum atomic E-state index is 4.48. The van der Waals surface area contributed by atoms with E-state index < -0.39 is 0 Å². The molecule has 0 N–H and O–H groups in total. The van der Waals surface area contributed by atoms with Gasteiger partial charge in [0.15, 0.2) is 0 Å². The Bertz CT molecular complexity index is 545. The Balaban J connectivity index is 2.02. The molecule has 0 saturated heterocycles. The number of hydrogen-bond acceptors (Lipinski definition) is 2. The number of hydrogen-bond donors (Lipinski definition) is 0. The predicted molar refractivity (Wildman–Crippen MR) is 78.8 cm³/mol. The third-order valence-corrected chi connectivity index (χ3v) is 2.64. The standard InChI is InChI=1S/C16H17N3/c1-2-16(17-13-14-9-5-3-6-10-14)19-18-15-11-7-4-8-12-15/h3-12H,2,13H2,1H3. The highest BCUT2D eigenvalue weighted by atomic mass is 15.1. The fraction of sp³-hybridized carbons (Fsp3) is 0.188. The molecule has 0 spiro atoms. The van der Waals surface area contributed by atoms with Gasteiger partial charge in [0.1, 0.15) is 5.84 Å². The Hall–Kier alpha value is -2.29. The SMILES string of the molecule is CCC(N=Nc1ccccc1)=NCc1ccccc1. The van der Waals surface area contributed by atoms with Crippen LogP contribution in [-0.2, 0) is 6.54 Å². The molecule has 0 fully saturated rings. The first kappa shape index (κ1) is 13.1. The molecule has 3 nitrogen and oxygen atoms in total. The number of azo groups is 1. The number of amidine groups is 1. The highest BCUT2D eigenvalue weighted by Crippen LogP contribution is 2.11. The summed E-state index contributed by atoms with van der Waals surface area (Å²) in [7, 11) is 0. The molecular formula is C16H17N3. The molecule has 2 rings (SSSR count). The molecule has 19 heavy (non-hydrogen) atoms. The first-order chi connectivity index (χ1) is 9.38. The van der Waals surface area contributed by atoms with Gasteiger partial charge in [-0.2, -0.15) is 0 Å². The van der Waals surface area contributed by atoms with Gasteiger partial charge in [0.25, 0.3) is 0 Å². The van der Waals surface area contributed by atoms with E-state index >= 15 is 0 Å². The summed E-state index contributed by atoms with van der Waals surface area (Å²) >= 11 is 0. The summed E-state index contributed by atoms with van der Waals surface area (Å²) in [5, 5.41) is 8.39. The van der Waals surface area contributed by atoms with Gasteiger partial charge in [0.05, 0.1) is 12.2 Å². The number of benzene rings is 2. The number of rotatable bonds is 4. The van der Waals surface area contributed by atoms with E-state index in [1.54, 1.807) is 0 Å². The zero-order valence-corrected chi connectivity index (χ0v) is 11.0. The summed E-state index contributed by atoms with van der Waals surface area (Å²) in [6.45, 7) is 2.69. The minimum Gasteiger partial charge on any atom is -0.264 e. The zero-order valence-electron chi connectivity index (χ0n) is 11.0. The summed E-state index contributed by atoms with van der Waals surface area (Å²) in [5.41, 5.74) is 2.03. The van der Waals surface area contributed by atoms with E-state index in [0.717, 1.165) is 17.9 Å². The summed E-state index contributed by atoms with van der Waals surface area (Å²) in [6.07, 6.45) is 0.781. The third-order valence-electron chi connectivity index (χ3n) is 2.64. The van der Waals surface area contributed by atoms with E-state index in [1.165, 1.54) is 5.56 Å². The van der Waals surface area contributed by atoms with Crippen molar-refractivity contribution in [1.29, 1.82) is 0 Å². The van der Waals surface area contributed by atoms with Crippen molar-refractivity contribution in [2.24, 2.45) is 15.2 Å². The average molecular weight is 251 g/mol. The molecule has 0 amide bonds. The molecule has 2 aromatic carbocycles. The van der Waals surface area contributed by atoms with Gasteiger partial charge in [-0.15, -0.1) is 10.2 Å². The van der Waals surface area contributed by atoms with Crippen LogP contribution in [0, 0.1) is 0 Å². The number of aliphatic imine (C=N–C) groups is 1. The fourth-order valence-electron chi connectivity index (χ4n) is 1.59. The predicted octanol–water partition coefficient (Wildman–Crippen LogP) is 4.78. The van der Waals surface area contributed by atoms with Crippen LogP contribution in [0.25, 0.3) is 0 Å². The van der Waals surface area contributed by atoms with Gasteiger partial charge in [-0.3, -0.25) is 4.99 Å². The van der Waals surface area contributed by atoms with Crippen molar-refractivity contribution in [3.63, 3.8) is 0 Å². The van der Waals surface area contributed by atoms with Gasteiger partial charge in [-0.1, -0.05) is 55.5 Å². The van der Waals surface area contributed by atoms with Gasteiger partial charge in [0, 0.05) is 6.42 Å². The third kappa shape index (κ3) is 4.47. The van der Waals surface area contributed by atoms with E-state index in [0.29, 0.717) is 6.54 Å². The normalized spacial score (nSPS) is 11.9. The van der Waals surface area contributed by atoms with Crippen LogP contribution >= 0.6 is 0 Å². The van der Waals surface area contributed by atoms with Crippen LogP contribution in [-0.4, -0.2) is 5.84 Å². The largest absolute Gasteiger partial charge is 0.264 e. The first-order valence-electron chi connectivity index (χ1n) is 6.42. The molecule has 0 radical (unpaired) electrons. The van der Waals surface area contributed by atoms with Gasteiger partial charge >= 0.3 is 0 Å². The van der Waals surface area contributed by atoms with E-state index in [2.05, 4.69) is 27.4 Å². The zero-order chi connectivity index (χ0) is 13.3. The molecule has 96 valence electrons. The van der Waals surface area contributed by atoms with Crippen molar-refractivity contribution < 1.29 is 0 Å². The van der Waals surface area contributed by atoms with Crippen molar-refractivity contribution in [2.75, 3.05) is 0 Å². The first-order valence-corrected chi connectivity index (χ1v) is 6.42. The van der Waals surface area contributed by atoms with Gasteiger partial charge in [0.2, 0.25) is 0 Å². The van der Waals surface area contributed by atoms with Crippen molar-refractivity contribution >= 4 is 11.5 Å². The lowest BCUT2D eigenvalue weighted by atomic mass is 10.2. The minimum absolute atomic E-state index is 0.651. The Labute approximate surface area is 113 Å². The van der Waals surface area contributed by atoms with Crippen LogP contribution in [0.15, 0.2) is 75.9 Å². The van der Waals surface area contributed by atoms with Gasteiger partial charge in [-0.05, 0) is 17.7 Å². The maximum absolute atomic E-state index is 4.48. The lowest BCUT2D eigenvalue weighted by molar-refractivity contribution is 1.02. The highest BCUT2D eigenvalue weighted by Gasteiger charge is 1.94. The van der Waals surface area contributed by atoms with E-state index in [-0.39, 0.29) is 0 Å². The topological polar surface area (TPSA) is 37.1 Å². The van der Waals surface area contributed by atoms with Crippen LogP contribution in [0.3, 0.4) is 0 Å². The van der Waals surface area contributed by atoms with Crippen LogP contribution < -0.4 is 0 Å². The van der Waals surface area contributed by atoms with Crippen molar-refractivity contribution in [2.45, 2.75) is 19.9 Å². The quantitative estimate of drug-likeness (QED) is 0.426. The second kappa shape index (κ2) is 7.21. The second-order valence-electron chi connectivity index (χ2n) is 4.11. The summed E-state index contributed by atoms with van der Waals surface area (Å²) < 4.78 is 0. The molecule has 0 aliphatic rings. The van der Waals surface area contributed by atoms with Gasteiger partial charge < -0.3 is 0 Å². The molecule has 0 aliphatic heterocycles. The Kier molecular flexibility index (Phi) is 4.99. The van der Waals surface area contributed by atoms with Crippen molar-refractivity contribution in [3.8, 4) is 0 Å². The lowest BCUT2D eigenvalue weighted by Crippen LogP contribution is -1.92. The number of nitrogens with zero attached hydrogens (tertiary/aromatic N) is 3. The average Bonchev–Trinajstić information content (AvgIpc) is 2.49. The molecule has 0 atom stereocenters. The molecule has 0 aliphatic carbocycles. The fourth-order valence-corrected chi connectivity index (χ4v) is 1.59. The van der Waals surface area contributed by atoms with Gasteiger partial charge in [-0.25, -0.2) is 0 Å². The Morgan fingerprint density at radius 1 is 0.895 bits per heavy atom. The summed E-state index contributed by atoms with van der Waals surface area (Å²) in [6, 6.07) is 19.9. The van der Waals surface area contributed by atoms with Crippen molar-refractivity contribution in [3.05, 3.63) is 66.2 Å². The minimum atomic E-state index is 0.651. The molecule has 2 aromatic rings. The van der Waals surface area contributed by atoms with Crippen LogP contribution in [0.2, 0.25) is 0 Å². The molecule has 0 aromatic heterocycles. The van der Waals surface area contributed by atoms with Crippen LogP contribution in [0.4, 0.5) is 5.69 Å². The Morgan fingerprint density at radius 2 is 1.53 bits per heavy atom. The smallest absolute Gasteiger partial charge is 0.146 e. The monoisotopic (exact) mass is 251 g/mol. The lowest BCUT2D eigenvalue weighted by Gasteiger charge is -1.98. The molecule has 0 bridgehead atoms. The Morgan fingerprint density at radius 3 is 2.16 bits per heavy atom.